The second-order valence-electron chi connectivity index (χ2n) is 3.19. The molecule has 0 aliphatic heterocycles. The standard InChI is InChI=1S/C10H14FNO/c1-7-3-2-4-8(10(7)11)5-9(12)6-13/h2-4,9,13H,5-6,12H2,1H3. The van der Waals surface area contributed by atoms with Crippen molar-refractivity contribution in [3.8, 4) is 0 Å². The Kier molecular flexibility index (Phi) is 3.39. The highest BCUT2D eigenvalue weighted by atomic mass is 19.1. The molecule has 0 saturated heterocycles. The van der Waals surface area contributed by atoms with Gasteiger partial charge in [0.15, 0.2) is 0 Å². The van der Waals surface area contributed by atoms with Gasteiger partial charge in [-0.15, -0.1) is 0 Å². The summed E-state index contributed by atoms with van der Waals surface area (Å²) in [7, 11) is 0. The molecule has 13 heavy (non-hydrogen) atoms. The van der Waals surface area contributed by atoms with Crippen LogP contribution in [0.15, 0.2) is 18.2 Å². The molecule has 3 N–H and O–H groups in total. The van der Waals surface area contributed by atoms with E-state index in [0.717, 1.165) is 0 Å². The van der Waals surface area contributed by atoms with Gasteiger partial charge in [-0.2, -0.15) is 0 Å². The van der Waals surface area contributed by atoms with E-state index in [4.69, 9.17) is 10.8 Å². The summed E-state index contributed by atoms with van der Waals surface area (Å²) < 4.78 is 13.4. The minimum atomic E-state index is -0.378. The summed E-state index contributed by atoms with van der Waals surface area (Å²) in [6.07, 6.45) is 0.379. The molecule has 1 rings (SSSR count). The van der Waals surface area contributed by atoms with Crippen LogP contribution in [0.2, 0.25) is 0 Å². The number of hydrogen-bond donors (Lipinski definition) is 2. The second kappa shape index (κ2) is 4.35. The Morgan fingerprint density at radius 1 is 1.54 bits per heavy atom. The molecule has 0 aliphatic rings. The molecule has 1 aromatic rings. The zero-order valence-corrected chi connectivity index (χ0v) is 7.63. The Morgan fingerprint density at radius 2 is 2.23 bits per heavy atom. The third-order valence-electron chi connectivity index (χ3n) is 1.99. The quantitative estimate of drug-likeness (QED) is 0.734. The van der Waals surface area contributed by atoms with Crippen LogP contribution in [-0.2, 0) is 6.42 Å². The molecular weight excluding hydrogens is 169 g/mol. The lowest BCUT2D eigenvalue weighted by molar-refractivity contribution is 0.264. The molecule has 2 nitrogen and oxygen atoms in total. The molecular formula is C10H14FNO. The third kappa shape index (κ3) is 2.50. The number of nitrogens with two attached hydrogens (primary N) is 1. The summed E-state index contributed by atoms with van der Waals surface area (Å²) in [6, 6.07) is 4.82. The first kappa shape index (κ1) is 10.2. The van der Waals surface area contributed by atoms with Gasteiger partial charge >= 0.3 is 0 Å². The topological polar surface area (TPSA) is 46.2 Å². The monoisotopic (exact) mass is 183 g/mol. The van der Waals surface area contributed by atoms with Crippen LogP contribution in [0.25, 0.3) is 0 Å². The van der Waals surface area contributed by atoms with Gasteiger partial charge in [0.25, 0.3) is 0 Å². The van der Waals surface area contributed by atoms with Crippen molar-refractivity contribution < 1.29 is 9.50 Å². The number of hydrogen-bond acceptors (Lipinski definition) is 2. The van der Waals surface area contributed by atoms with Gasteiger partial charge in [-0.1, -0.05) is 18.2 Å². The largest absolute Gasteiger partial charge is 0.395 e. The Bertz CT molecular complexity index is 288. The van der Waals surface area contributed by atoms with Gasteiger partial charge in [-0.3, -0.25) is 0 Å². The highest BCUT2D eigenvalue weighted by Crippen LogP contribution is 2.12. The van der Waals surface area contributed by atoms with E-state index in [-0.39, 0.29) is 18.5 Å². The van der Waals surface area contributed by atoms with Crippen LogP contribution in [-0.4, -0.2) is 17.8 Å². The minimum Gasteiger partial charge on any atom is -0.395 e. The zero-order chi connectivity index (χ0) is 9.84. The number of halogens is 1. The summed E-state index contributed by atoms with van der Waals surface area (Å²) in [5, 5.41) is 8.71. The molecule has 1 atom stereocenters. The fourth-order valence-electron chi connectivity index (χ4n) is 1.21. The smallest absolute Gasteiger partial charge is 0.129 e. The van der Waals surface area contributed by atoms with E-state index in [1.165, 1.54) is 0 Å². The van der Waals surface area contributed by atoms with Crippen LogP contribution >= 0.6 is 0 Å². The molecule has 1 unspecified atom stereocenters. The fourth-order valence-corrected chi connectivity index (χ4v) is 1.21. The molecule has 0 heterocycles. The highest BCUT2D eigenvalue weighted by molar-refractivity contribution is 5.25. The second-order valence-corrected chi connectivity index (χ2v) is 3.19. The van der Waals surface area contributed by atoms with E-state index >= 15 is 0 Å². The highest BCUT2D eigenvalue weighted by Gasteiger charge is 2.08. The van der Waals surface area contributed by atoms with Crippen molar-refractivity contribution >= 4 is 0 Å². The first-order valence-electron chi connectivity index (χ1n) is 4.25. The molecule has 0 bridgehead atoms. The van der Waals surface area contributed by atoms with Crippen LogP contribution in [0.4, 0.5) is 4.39 Å². The van der Waals surface area contributed by atoms with Gasteiger partial charge < -0.3 is 10.8 Å². The van der Waals surface area contributed by atoms with Crippen molar-refractivity contribution in [2.45, 2.75) is 19.4 Å². The van der Waals surface area contributed by atoms with E-state index in [1.807, 2.05) is 0 Å². The molecule has 1 aromatic carbocycles. The van der Waals surface area contributed by atoms with Gasteiger partial charge in [0, 0.05) is 6.04 Å². The zero-order valence-electron chi connectivity index (χ0n) is 7.63. The van der Waals surface area contributed by atoms with Gasteiger partial charge in [0.2, 0.25) is 0 Å². The molecule has 0 aliphatic carbocycles. The van der Waals surface area contributed by atoms with Gasteiger partial charge in [0.1, 0.15) is 5.82 Å². The molecule has 72 valence electrons. The van der Waals surface area contributed by atoms with Crippen LogP contribution in [0.1, 0.15) is 11.1 Å². The first-order chi connectivity index (χ1) is 6.15. The Balaban J connectivity index is 2.83. The van der Waals surface area contributed by atoms with Crippen LogP contribution in [0.3, 0.4) is 0 Å². The minimum absolute atomic E-state index is 0.118. The Labute approximate surface area is 77.2 Å². The maximum atomic E-state index is 13.4. The Hall–Kier alpha value is -0.930. The van der Waals surface area contributed by atoms with Crippen molar-refractivity contribution in [2.75, 3.05) is 6.61 Å². The number of aryl methyl sites for hydroxylation is 1. The van der Waals surface area contributed by atoms with E-state index < -0.39 is 0 Å². The van der Waals surface area contributed by atoms with Crippen molar-refractivity contribution in [1.82, 2.24) is 0 Å². The van der Waals surface area contributed by atoms with E-state index in [0.29, 0.717) is 17.5 Å². The maximum absolute atomic E-state index is 13.4. The number of aliphatic hydroxyl groups excluding tert-OH is 1. The molecule has 0 spiro atoms. The van der Waals surface area contributed by atoms with Crippen LogP contribution in [0, 0.1) is 12.7 Å². The summed E-state index contributed by atoms with van der Waals surface area (Å²) in [4.78, 5) is 0. The van der Waals surface area contributed by atoms with Crippen molar-refractivity contribution in [1.29, 1.82) is 0 Å². The summed E-state index contributed by atoms with van der Waals surface area (Å²) >= 11 is 0. The lowest BCUT2D eigenvalue weighted by Gasteiger charge is -2.09. The maximum Gasteiger partial charge on any atom is 0.129 e. The van der Waals surface area contributed by atoms with E-state index in [9.17, 15) is 4.39 Å². The summed E-state index contributed by atoms with van der Waals surface area (Å²) in [5.41, 5.74) is 6.69. The molecule has 0 saturated carbocycles. The van der Waals surface area contributed by atoms with Gasteiger partial charge in [-0.25, -0.2) is 4.39 Å². The Morgan fingerprint density at radius 3 is 2.85 bits per heavy atom. The predicted octanol–water partition coefficient (Wildman–Crippen LogP) is 0.996. The average Bonchev–Trinajstić information content (AvgIpc) is 2.13. The lowest BCUT2D eigenvalue weighted by Crippen LogP contribution is -2.27. The number of benzene rings is 1. The van der Waals surface area contributed by atoms with Crippen LogP contribution in [0.5, 0.6) is 0 Å². The third-order valence-corrected chi connectivity index (χ3v) is 1.99. The van der Waals surface area contributed by atoms with Gasteiger partial charge in [0.05, 0.1) is 6.61 Å². The van der Waals surface area contributed by atoms with Crippen molar-refractivity contribution in [3.05, 3.63) is 35.1 Å². The fraction of sp³-hybridized carbons (Fsp3) is 0.400. The molecule has 0 amide bonds. The number of rotatable bonds is 3. The van der Waals surface area contributed by atoms with E-state index in [2.05, 4.69) is 0 Å². The predicted molar refractivity (Wildman–Crippen MR) is 49.9 cm³/mol. The first-order valence-corrected chi connectivity index (χ1v) is 4.25. The molecule has 3 heteroatoms. The normalized spacial score (nSPS) is 12.9. The molecule has 0 aromatic heterocycles. The average molecular weight is 183 g/mol. The molecule has 0 fully saturated rings. The summed E-state index contributed by atoms with van der Waals surface area (Å²) in [6.45, 7) is 1.59. The van der Waals surface area contributed by atoms with Crippen molar-refractivity contribution in [3.63, 3.8) is 0 Å². The van der Waals surface area contributed by atoms with Gasteiger partial charge in [-0.05, 0) is 24.5 Å². The summed E-state index contributed by atoms with van der Waals surface area (Å²) in [5.74, 6) is -0.216. The SMILES string of the molecule is Cc1cccc(CC(N)CO)c1F. The van der Waals surface area contributed by atoms with Crippen molar-refractivity contribution in [2.24, 2.45) is 5.73 Å². The lowest BCUT2D eigenvalue weighted by atomic mass is 10.0. The van der Waals surface area contributed by atoms with E-state index in [1.54, 1.807) is 25.1 Å². The van der Waals surface area contributed by atoms with Crippen LogP contribution < -0.4 is 5.73 Å². The number of aliphatic hydroxyl groups is 1. The molecule has 0 radical (unpaired) electrons.